The molecule has 0 unspecified atom stereocenters. The van der Waals surface area contributed by atoms with E-state index in [0.717, 1.165) is 36.0 Å². The average molecular weight is 408 g/mol. The number of rotatable bonds is 9. The van der Waals surface area contributed by atoms with Crippen LogP contribution in [0.1, 0.15) is 60.3 Å². The number of benzene rings is 1. The van der Waals surface area contributed by atoms with E-state index in [2.05, 4.69) is 15.3 Å². The van der Waals surface area contributed by atoms with Gasteiger partial charge in [0.25, 0.3) is 0 Å². The summed E-state index contributed by atoms with van der Waals surface area (Å²) in [5.41, 5.74) is 1.03. The van der Waals surface area contributed by atoms with Gasteiger partial charge in [-0.3, -0.25) is 4.79 Å². The molecule has 0 saturated heterocycles. The predicted octanol–water partition coefficient (Wildman–Crippen LogP) is 5.38. The molecule has 0 amide bonds. The molecule has 2 aromatic rings. The van der Waals surface area contributed by atoms with Crippen LogP contribution in [0.2, 0.25) is 5.15 Å². The number of nitrogens with one attached hydrogen (secondary N) is 1. The van der Waals surface area contributed by atoms with Gasteiger partial charge < -0.3 is 14.8 Å². The maximum Gasteiger partial charge on any atom is 0.306 e. The van der Waals surface area contributed by atoms with E-state index in [1.54, 1.807) is 0 Å². The first-order chi connectivity index (χ1) is 13.1. The third kappa shape index (κ3) is 7.50. The Balaban J connectivity index is 1.83. The summed E-state index contributed by atoms with van der Waals surface area (Å²) in [6.45, 7) is 10.3. The van der Waals surface area contributed by atoms with Crippen molar-refractivity contribution in [2.45, 2.75) is 72.0 Å². The Bertz CT molecular complexity index is 803. The maximum absolute atomic E-state index is 11.7. The molecule has 0 fully saturated rings. The zero-order valence-electron chi connectivity index (χ0n) is 17.3. The van der Waals surface area contributed by atoms with Gasteiger partial charge in [0.15, 0.2) is 11.0 Å². The van der Waals surface area contributed by atoms with Crippen LogP contribution in [0.25, 0.3) is 11.0 Å². The summed E-state index contributed by atoms with van der Waals surface area (Å²) in [4.78, 5) is 20.7. The molecule has 2 rings (SSSR count). The number of halogens is 1. The third-order valence-corrected chi connectivity index (χ3v) is 4.00. The van der Waals surface area contributed by atoms with Crippen LogP contribution in [0.5, 0.6) is 5.75 Å². The van der Waals surface area contributed by atoms with Crippen molar-refractivity contribution in [3.05, 3.63) is 23.4 Å². The minimum Gasteiger partial charge on any atom is -0.491 e. The summed E-state index contributed by atoms with van der Waals surface area (Å²) in [7, 11) is 0. The topological polar surface area (TPSA) is 73.3 Å². The summed E-state index contributed by atoms with van der Waals surface area (Å²) in [6, 6.07) is 5.59. The minimum atomic E-state index is -0.426. The van der Waals surface area contributed by atoms with Crippen LogP contribution in [0, 0.1) is 0 Å². The highest BCUT2D eigenvalue weighted by molar-refractivity contribution is 6.32. The molecule has 7 heteroatoms. The van der Waals surface area contributed by atoms with E-state index < -0.39 is 5.60 Å². The van der Waals surface area contributed by atoms with Crippen LogP contribution in [-0.4, -0.2) is 34.2 Å². The van der Waals surface area contributed by atoms with Crippen molar-refractivity contribution in [2.75, 3.05) is 11.9 Å². The molecule has 0 spiro atoms. The van der Waals surface area contributed by atoms with Gasteiger partial charge in [0, 0.05) is 19.0 Å². The Labute approximate surface area is 172 Å². The molecular formula is C21H30ClN3O3. The van der Waals surface area contributed by atoms with Crippen LogP contribution in [0.3, 0.4) is 0 Å². The first kappa shape index (κ1) is 22.2. The molecule has 1 N–H and O–H groups in total. The number of hydrogen-bond donors (Lipinski definition) is 1. The summed E-state index contributed by atoms with van der Waals surface area (Å²) < 4.78 is 11.0. The third-order valence-electron chi connectivity index (χ3n) is 3.74. The number of carbonyl (C=O) groups is 1. The highest BCUT2D eigenvalue weighted by Gasteiger charge is 2.15. The molecular weight excluding hydrogens is 378 g/mol. The fourth-order valence-electron chi connectivity index (χ4n) is 2.64. The van der Waals surface area contributed by atoms with Crippen molar-refractivity contribution in [3.63, 3.8) is 0 Å². The largest absolute Gasteiger partial charge is 0.491 e. The lowest BCUT2D eigenvalue weighted by atomic mass is 10.1. The smallest absolute Gasteiger partial charge is 0.306 e. The number of hydrogen-bond acceptors (Lipinski definition) is 6. The Hall–Kier alpha value is -2.08. The van der Waals surface area contributed by atoms with E-state index in [1.807, 2.05) is 52.8 Å². The molecule has 0 radical (unpaired) electrons. The van der Waals surface area contributed by atoms with Crippen molar-refractivity contribution in [3.8, 4) is 5.75 Å². The number of carbonyl (C=O) groups excluding carboxylic acids is 1. The molecule has 0 saturated carbocycles. The summed E-state index contributed by atoms with van der Waals surface area (Å²) in [6.07, 6.45) is 3.14. The van der Waals surface area contributed by atoms with Gasteiger partial charge in [-0.2, -0.15) is 0 Å². The van der Waals surface area contributed by atoms with Gasteiger partial charge in [-0.1, -0.05) is 18.0 Å². The number of anilines is 1. The molecule has 0 aliphatic carbocycles. The SMILES string of the molecule is CC(C)Oc1ccc2nc(Cl)c(NCCCCCC(=O)OC(C)(C)C)nc2c1. The Morgan fingerprint density at radius 3 is 2.57 bits per heavy atom. The zero-order valence-corrected chi connectivity index (χ0v) is 18.1. The van der Waals surface area contributed by atoms with Gasteiger partial charge >= 0.3 is 5.97 Å². The first-order valence-corrected chi connectivity index (χ1v) is 10.1. The van der Waals surface area contributed by atoms with E-state index in [0.29, 0.717) is 23.9 Å². The lowest BCUT2D eigenvalue weighted by Gasteiger charge is -2.19. The van der Waals surface area contributed by atoms with Gasteiger partial charge in [0.05, 0.1) is 17.1 Å². The Morgan fingerprint density at radius 1 is 1.14 bits per heavy atom. The minimum absolute atomic E-state index is 0.0935. The van der Waals surface area contributed by atoms with Crippen LogP contribution < -0.4 is 10.1 Å². The lowest BCUT2D eigenvalue weighted by Crippen LogP contribution is -2.23. The van der Waals surface area contributed by atoms with E-state index in [9.17, 15) is 4.79 Å². The number of esters is 1. The first-order valence-electron chi connectivity index (χ1n) is 9.74. The molecule has 1 aromatic heterocycles. The molecule has 6 nitrogen and oxygen atoms in total. The molecule has 154 valence electrons. The highest BCUT2D eigenvalue weighted by atomic mass is 35.5. The van der Waals surface area contributed by atoms with Gasteiger partial charge in [-0.15, -0.1) is 0 Å². The quantitative estimate of drug-likeness (QED) is 0.444. The van der Waals surface area contributed by atoms with Crippen LogP contribution >= 0.6 is 11.6 Å². The van der Waals surface area contributed by atoms with Crippen LogP contribution in [0.4, 0.5) is 5.82 Å². The Morgan fingerprint density at radius 2 is 1.89 bits per heavy atom. The van der Waals surface area contributed by atoms with Gasteiger partial charge in [-0.05, 0) is 59.6 Å². The van der Waals surface area contributed by atoms with E-state index in [1.165, 1.54) is 0 Å². The second kappa shape index (κ2) is 9.92. The molecule has 28 heavy (non-hydrogen) atoms. The molecule has 0 aliphatic rings. The summed E-state index contributed by atoms with van der Waals surface area (Å²) in [5, 5.41) is 3.58. The summed E-state index contributed by atoms with van der Waals surface area (Å²) in [5.74, 6) is 1.17. The number of aromatic nitrogens is 2. The lowest BCUT2D eigenvalue weighted by molar-refractivity contribution is -0.154. The van der Waals surface area contributed by atoms with E-state index >= 15 is 0 Å². The van der Waals surface area contributed by atoms with E-state index in [-0.39, 0.29) is 12.1 Å². The standard InChI is InChI=1S/C21H30ClN3O3/c1-14(2)27-15-10-11-16-17(13-15)25-20(19(22)24-16)23-12-8-6-7-9-18(26)28-21(3,4)5/h10-11,13-14H,6-9,12H2,1-5H3,(H,23,25). The second-order valence-electron chi connectivity index (χ2n) is 8.00. The van der Waals surface area contributed by atoms with Gasteiger partial charge in [-0.25, -0.2) is 9.97 Å². The van der Waals surface area contributed by atoms with Crippen LogP contribution in [-0.2, 0) is 9.53 Å². The van der Waals surface area contributed by atoms with Gasteiger partial charge in [0.1, 0.15) is 11.4 Å². The normalized spacial score (nSPS) is 11.7. The van der Waals surface area contributed by atoms with Crippen molar-refractivity contribution in [2.24, 2.45) is 0 Å². The van der Waals surface area contributed by atoms with E-state index in [4.69, 9.17) is 21.1 Å². The number of nitrogens with zero attached hydrogens (tertiary/aromatic N) is 2. The van der Waals surface area contributed by atoms with Crippen molar-refractivity contribution in [1.82, 2.24) is 9.97 Å². The highest BCUT2D eigenvalue weighted by Crippen LogP contribution is 2.25. The molecule has 0 atom stereocenters. The zero-order chi connectivity index (χ0) is 20.7. The monoisotopic (exact) mass is 407 g/mol. The molecule has 1 heterocycles. The maximum atomic E-state index is 11.7. The number of unbranched alkanes of at least 4 members (excludes halogenated alkanes) is 2. The molecule has 0 aliphatic heterocycles. The predicted molar refractivity (Wildman–Crippen MR) is 113 cm³/mol. The Kier molecular flexibility index (Phi) is 7.87. The second-order valence-corrected chi connectivity index (χ2v) is 8.36. The summed E-state index contributed by atoms with van der Waals surface area (Å²) >= 11 is 6.24. The molecule has 1 aromatic carbocycles. The fourth-order valence-corrected chi connectivity index (χ4v) is 2.84. The molecule has 0 bridgehead atoms. The van der Waals surface area contributed by atoms with Gasteiger partial charge in [0.2, 0.25) is 0 Å². The average Bonchev–Trinajstić information content (AvgIpc) is 2.56. The number of ether oxygens (including phenoxy) is 2. The van der Waals surface area contributed by atoms with Crippen molar-refractivity contribution >= 4 is 34.4 Å². The van der Waals surface area contributed by atoms with Crippen molar-refractivity contribution < 1.29 is 14.3 Å². The van der Waals surface area contributed by atoms with Crippen LogP contribution in [0.15, 0.2) is 18.2 Å². The fraction of sp³-hybridized carbons (Fsp3) is 0.571. The number of fused-ring (bicyclic) bond motifs is 1. The van der Waals surface area contributed by atoms with Crippen molar-refractivity contribution in [1.29, 1.82) is 0 Å².